The van der Waals surface area contributed by atoms with Gasteiger partial charge in [0.15, 0.2) is 5.69 Å². The molecule has 0 aliphatic carbocycles. The molecule has 0 radical (unpaired) electrons. The Kier molecular flexibility index (Phi) is 2.44. The van der Waals surface area contributed by atoms with Crippen molar-refractivity contribution in [1.82, 2.24) is 25.1 Å². The standard InChI is InChI=1S/C11H11N5O2/c1-7-3-4-8(17-7)5-10-12-11(14-18-10)9-6-16(2)15-13-9/h3-4,6H,5H2,1-2H3. The van der Waals surface area contributed by atoms with Gasteiger partial charge in [-0.25, -0.2) is 0 Å². The summed E-state index contributed by atoms with van der Waals surface area (Å²) in [6.45, 7) is 1.89. The maximum absolute atomic E-state index is 5.45. The van der Waals surface area contributed by atoms with Crippen molar-refractivity contribution in [3.05, 3.63) is 35.7 Å². The molecular weight excluding hydrogens is 234 g/mol. The highest BCUT2D eigenvalue weighted by Crippen LogP contribution is 2.15. The highest BCUT2D eigenvalue weighted by atomic mass is 16.5. The third kappa shape index (κ3) is 2.02. The molecule has 3 aromatic heterocycles. The third-order valence-electron chi connectivity index (χ3n) is 2.42. The van der Waals surface area contributed by atoms with Gasteiger partial charge in [-0.2, -0.15) is 4.98 Å². The summed E-state index contributed by atoms with van der Waals surface area (Å²) >= 11 is 0. The normalized spacial score (nSPS) is 11.0. The lowest BCUT2D eigenvalue weighted by Crippen LogP contribution is -1.86. The van der Waals surface area contributed by atoms with Crippen LogP contribution in [-0.2, 0) is 13.5 Å². The molecule has 7 nitrogen and oxygen atoms in total. The van der Waals surface area contributed by atoms with Gasteiger partial charge in [0.2, 0.25) is 11.7 Å². The van der Waals surface area contributed by atoms with Crippen LogP contribution in [0.3, 0.4) is 0 Å². The van der Waals surface area contributed by atoms with Crippen LogP contribution in [0.5, 0.6) is 0 Å². The van der Waals surface area contributed by atoms with Crippen molar-refractivity contribution in [1.29, 1.82) is 0 Å². The predicted molar refractivity (Wildman–Crippen MR) is 60.5 cm³/mol. The Hall–Kier alpha value is -2.44. The van der Waals surface area contributed by atoms with Crippen LogP contribution in [0.25, 0.3) is 11.5 Å². The summed E-state index contributed by atoms with van der Waals surface area (Å²) in [6.07, 6.45) is 2.20. The molecule has 0 bridgehead atoms. The van der Waals surface area contributed by atoms with E-state index in [4.69, 9.17) is 8.94 Å². The van der Waals surface area contributed by atoms with Crippen LogP contribution in [0.15, 0.2) is 27.3 Å². The Morgan fingerprint density at radius 1 is 1.33 bits per heavy atom. The van der Waals surface area contributed by atoms with Crippen LogP contribution in [0.4, 0.5) is 0 Å². The summed E-state index contributed by atoms with van der Waals surface area (Å²) in [5.74, 6) is 2.58. The lowest BCUT2D eigenvalue weighted by atomic mass is 10.3. The molecule has 0 fully saturated rings. The second kappa shape index (κ2) is 4.10. The highest BCUT2D eigenvalue weighted by molar-refractivity contribution is 5.45. The molecule has 0 N–H and O–H groups in total. The summed E-state index contributed by atoms with van der Waals surface area (Å²) in [7, 11) is 1.78. The molecule has 18 heavy (non-hydrogen) atoms. The quantitative estimate of drug-likeness (QED) is 0.692. The van der Waals surface area contributed by atoms with E-state index in [0.29, 0.717) is 23.8 Å². The van der Waals surface area contributed by atoms with Gasteiger partial charge in [0.25, 0.3) is 0 Å². The lowest BCUT2D eigenvalue weighted by molar-refractivity contribution is 0.373. The molecule has 0 aliphatic rings. The minimum Gasteiger partial charge on any atom is -0.466 e. The minimum absolute atomic E-state index is 0.432. The zero-order valence-corrected chi connectivity index (χ0v) is 9.99. The van der Waals surface area contributed by atoms with Gasteiger partial charge < -0.3 is 8.94 Å². The van der Waals surface area contributed by atoms with E-state index >= 15 is 0 Å². The van der Waals surface area contributed by atoms with Gasteiger partial charge >= 0.3 is 0 Å². The Morgan fingerprint density at radius 2 is 2.22 bits per heavy atom. The molecule has 0 unspecified atom stereocenters. The summed E-state index contributed by atoms with van der Waals surface area (Å²) in [5.41, 5.74) is 0.586. The molecule has 7 heteroatoms. The average Bonchev–Trinajstić information content (AvgIpc) is 3.01. The predicted octanol–water partition coefficient (Wildman–Crippen LogP) is 1.36. The van der Waals surface area contributed by atoms with Gasteiger partial charge in [-0.3, -0.25) is 4.68 Å². The molecule has 0 atom stereocenters. The van der Waals surface area contributed by atoms with E-state index in [-0.39, 0.29) is 0 Å². The van der Waals surface area contributed by atoms with E-state index in [1.165, 1.54) is 0 Å². The molecule has 0 aromatic carbocycles. The van der Waals surface area contributed by atoms with Gasteiger partial charge in [-0.05, 0) is 19.1 Å². The molecule has 92 valence electrons. The van der Waals surface area contributed by atoms with Crippen molar-refractivity contribution in [3.63, 3.8) is 0 Å². The van der Waals surface area contributed by atoms with Gasteiger partial charge in [-0.15, -0.1) is 5.10 Å². The van der Waals surface area contributed by atoms with Gasteiger partial charge in [0, 0.05) is 7.05 Å². The maximum atomic E-state index is 5.45. The number of furan rings is 1. The second-order valence-corrected chi connectivity index (χ2v) is 3.98. The average molecular weight is 245 g/mol. The van der Waals surface area contributed by atoms with E-state index in [2.05, 4.69) is 20.5 Å². The molecule has 3 rings (SSSR count). The summed E-state index contributed by atoms with van der Waals surface area (Å²) in [5, 5.41) is 11.6. The molecule has 0 aliphatic heterocycles. The minimum atomic E-state index is 0.432. The Bertz CT molecular complexity index is 666. The van der Waals surface area contributed by atoms with Crippen LogP contribution >= 0.6 is 0 Å². The van der Waals surface area contributed by atoms with E-state index in [9.17, 15) is 0 Å². The van der Waals surface area contributed by atoms with Crippen LogP contribution in [0.2, 0.25) is 0 Å². The fourth-order valence-corrected chi connectivity index (χ4v) is 1.61. The van der Waals surface area contributed by atoms with Gasteiger partial charge in [0.05, 0.1) is 12.6 Å². The lowest BCUT2D eigenvalue weighted by Gasteiger charge is -1.88. The molecule has 0 amide bonds. The Labute approximate surface area is 102 Å². The highest BCUT2D eigenvalue weighted by Gasteiger charge is 2.13. The smallest absolute Gasteiger partial charge is 0.234 e. The van der Waals surface area contributed by atoms with Crippen molar-refractivity contribution < 1.29 is 8.94 Å². The first-order valence-electron chi connectivity index (χ1n) is 5.45. The van der Waals surface area contributed by atoms with Crippen molar-refractivity contribution in [2.24, 2.45) is 7.05 Å². The third-order valence-corrected chi connectivity index (χ3v) is 2.42. The number of aryl methyl sites for hydroxylation is 2. The summed E-state index contributed by atoms with van der Waals surface area (Å²) in [4.78, 5) is 4.24. The zero-order valence-electron chi connectivity index (χ0n) is 9.99. The fraction of sp³-hybridized carbons (Fsp3) is 0.273. The van der Waals surface area contributed by atoms with Crippen molar-refractivity contribution in [2.45, 2.75) is 13.3 Å². The van der Waals surface area contributed by atoms with Gasteiger partial charge in [-0.1, -0.05) is 10.4 Å². The first-order chi connectivity index (χ1) is 8.70. The molecule has 3 heterocycles. The number of nitrogens with zero attached hydrogens (tertiary/aromatic N) is 5. The SMILES string of the molecule is Cc1ccc(Cc2nc(-c3cn(C)nn3)no2)o1. The molecule has 0 saturated heterocycles. The largest absolute Gasteiger partial charge is 0.466 e. The van der Waals surface area contributed by atoms with E-state index < -0.39 is 0 Å². The van der Waals surface area contributed by atoms with Crippen molar-refractivity contribution >= 4 is 0 Å². The van der Waals surface area contributed by atoms with Crippen LogP contribution in [0, 0.1) is 6.92 Å². The Morgan fingerprint density at radius 3 is 2.89 bits per heavy atom. The summed E-state index contributed by atoms with van der Waals surface area (Å²) < 4.78 is 12.2. The molecule has 3 aromatic rings. The number of hydrogen-bond acceptors (Lipinski definition) is 6. The Balaban J connectivity index is 1.81. The van der Waals surface area contributed by atoms with E-state index in [1.807, 2.05) is 19.1 Å². The first-order valence-corrected chi connectivity index (χ1v) is 5.45. The number of rotatable bonds is 3. The number of aromatic nitrogens is 5. The van der Waals surface area contributed by atoms with E-state index in [1.54, 1.807) is 17.9 Å². The van der Waals surface area contributed by atoms with Crippen LogP contribution in [-0.4, -0.2) is 25.1 Å². The van der Waals surface area contributed by atoms with Crippen LogP contribution < -0.4 is 0 Å². The number of hydrogen-bond donors (Lipinski definition) is 0. The molecule has 0 saturated carbocycles. The van der Waals surface area contributed by atoms with Gasteiger partial charge in [0.1, 0.15) is 11.5 Å². The molecule has 0 spiro atoms. The fourth-order valence-electron chi connectivity index (χ4n) is 1.61. The van der Waals surface area contributed by atoms with Crippen LogP contribution in [0.1, 0.15) is 17.4 Å². The van der Waals surface area contributed by atoms with Crippen molar-refractivity contribution in [3.8, 4) is 11.5 Å². The summed E-state index contributed by atoms with van der Waals surface area (Å²) in [6, 6.07) is 3.79. The second-order valence-electron chi connectivity index (χ2n) is 3.98. The topological polar surface area (TPSA) is 82.8 Å². The molecular formula is C11H11N5O2. The maximum Gasteiger partial charge on any atom is 0.234 e. The zero-order chi connectivity index (χ0) is 12.5. The van der Waals surface area contributed by atoms with Crippen molar-refractivity contribution in [2.75, 3.05) is 0 Å². The first kappa shape index (κ1) is 10.7. The monoisotopic (exact) mass is 245 g/mol. The van der Waals surface area contributed by atoms with E-state index in [0.717, 1.165) is 11.5 Å².